The number of carbonyl (C=O) groups is 1. The average Bonchev–Trinajstić information content (AvgIpc) is 3.24. The Bertz CT molecular complexity index is 815. The second-order valence-corrected chi connectivity index (χ2v) is 7.21. The number of anilines is 1. The lowest BCUT2D eigenvalue weighted by atomic mass is 9.97. The molecule has 130 valence electrons. The molecule has 1 aliphatic rings. The van der Waals surface area contributed by atoms with Gasteiger partial charge in [-0.2, -0.15) is 0 Å². The van der Waals surface area contributed by atoms with Crippen LogP contribution in [-0.2, 0) is 11.2 Å². The predicted octanol–water partition coefficient (Wildman–Crippen LogP) is 2.37. The minimum absolute atomic E-state index is 0.0289. The molecule has 0 aliphatic carbocycles. The first-order valence-corrected chi connectivity index (χ1v) is 9.52. The molecule has 0 aromatic carbocycles. The number of nitrogens with zero attached hydrogens (tertiary/aromatic N) is 4. The van der Waals surface area contributed by atoms with Crippen LogP contribution in [0.25, 0.3) is 4.96 Å². The molecule has 1 amide bonds. The van der Waals surface area contributed by atoms with Gasteiger partial charge < -0.3 is 10.2 Å². The van der Waals surface area contributed by atoms with Crippen LogP contribution in [0.5, 0.6) is 0 Å². The van der Waals surface area contributed by atoms with E-state index in [0.29, 0.717) is 6.54 Å². The van der Waals surface area contributed by atoms with Crippen molar-refractivity contribution in [1.82, 2.24) is 19.7 Å². The van der Waals surface area contributed by atoms with Gasteiger partial charge in [-0.25, -0.2) is 9.97 Å². The van der Waals surface area contributed by atoms with Crippen molar-refractivity contribution < 1.29 is 4.79 Å². The maximum atomic E-state index is 12.5. The van der Waals surface area contributed by atoms with E-state index in [0.717, 1.165) is 48.8 Å². The maximum Gasteiger partial charge on any atom is 0.224 e. The molecular weight excluding hydrogens is 334 g/mol. The number of nitrogens with one attached hydrogen (secondary N) is 1. The fraction of sp³-hybridized carbons (Fsp3) is 0.389. The average molecular weight is 355 g/mol. The molecule has 0 saturated carbocycles. The van der Waals surface area contributed by atoms with Gasteiger partial charge in [0.25, 0.3) is 0 Å². The van der Waals surface area contributed by atoms with Crippen LogP contribution in [0, 0.1) is 5.92 Å². The number of fused-ring (bicyclic) bond motifs is 1. The third kappa shape index (κ3) is 3.66. The van der Waals surface area contributed by atoms with Crippen LogP contribution >= 0.6 is 11.3 Å². The number of pyridine rings is 1. The number of hydrogen-bond acceptors (Lipinski definition) is 5. The number of amides is 1. The van der Waals surface area contributed by atoms with Gasteiger partial charge in [-0.1, -0.05) is 6.07 Å². The zero-order valence-corrected chi connectivity index (χ0v) is 14.8. The summed E-state index contributed by atoms with van der Waals surface area (Å²) in [6.07, 6.45) is 8.55. The molecule has 7 heteroatoms. The zero-order chi connectivity index (χ0) is 17.1. The van der Waals surface area contributed by atoms with Crippen LogP contribution in [0.2, 0.25) is 0 Å². The Labute approximate surface area is 150 Å². The minimum atomic E-state index is 0.0289. The summed E-state index contributed by atoms with van der Waals surface area (Å²) >= 11 is 1.62. The van der Waals surface area contributed by atoms with Crippen molar-refractivity contribution in [3.8, 4) is 0 Å². The number of aromatic nitrogens is 3. The van der Waals surface area contributed by atoms with Crippen molar-refractivity contribution in [2.75, 3.05) is 24.5 Å². The highest BCUT2D eigenvalue weighted by Crippen LogP contribution is 2.21. The summed E-state index contributed by atoms with van der Waals surface area (Å²) in [5.41, 5.74) is 1.02. The fourth-order valence-corrected chi connectivity index (χ4v) is 4.01. The van der Waals surface area contributed by atoms with E-state index in [1.54, 1.807) is 17.5 Å². The smallest absolute Gasteiger partial charge is 0.224 e. The van der Waals surface area contributed by atoms with Crippen LogP contribution in [0.3, 0.4) is 0 Å². The third-order valence-electron chi connectivity index (χ3n) is 4.59. The Kier molecular flexibility index (Phi) is 4.65. The van der Waals surface area contributed by atoms with Gasteiger partial charge >= 0.3 is 0 Å². The Hall–Kier alpha value is -2.41. The molecule has 1 fully saturated rings. The molecule has 1 saturated heterocycles. The van der Waals surface area contributed by atoms with Crippen molar-refractivity contribution in [2.24, 2.45) is 5.92 Å². The number of thiazole rings is 1. The molecular formula is C18H21N5OS. The van der Waals surface area contributed by atoms with E-state index in [1.165, 1.54) is 0 Å². The van der Waals surface area contributed by atoms with Crippen LogP contribution in [-0.4, -0.2) is 39.9 Å². The molecule has 3 aromatic heterocycles. The maximum absolute atomic E-state index is 12.5. The lowest BCUT2D eigenvalue weighted by Crippen LogP contribution is -2.43. The Morgan fingerprint density at radius 1 is 1.40 bits per heavy atom. The van der Waals surface area contributed by atoms with Gasteiger partial charge in [-0.15, -0.1) is 11.3 Å². The molecule has 25 heavy (non-hydrogen) atoms. The molecule has 1 atom stereocenters. The van der Waals surface area contributed by atoms with Gasteiger partial charge in [0.1, 0.15) is 5.82 Å². The van der Waals surface area contributed by atoms with Crippen LogP contribution in [0.1, 0.15) is 18.5 Å². The molecule has 6 nitrogen and oxygen atoms in total. The topological polar surface area (TPSA) is 62.5 Å². The van der Waals surface area contributed by atoms with E-state index in [1.807, 2.05) is 40.4 Å². The SMILES string of the molecule is O=C(NCCc1cn2ccsc2n1)[C@H]1CCCN(c2ccccn2)C1. The normalized spacial score (nSPS) is 17.8. The first-order valence-electron chi connectivity index (χ1n) is 8.64. The standard InChI is InChI=1S/C18H21N5OS/c24-17(20-8-6-15-13-23-10-11-25-18(23)21-15)14-4-3-9-22(12-14)16-5-1-2-7-19-16/h1-2,5,7,10-11,13-14H,3-4,6,8-9,12H2,(H,20,24)/t14-/m0/s1. The Morgan fingerprint density at radius 2 is 2.36 bits per heavy atom. The number of hydrogen-bond donors (Lipinski definition) is 1. The van der Waals surface area contributed by atoms with Gasteiger partial charge in [-0.05, 0) is 25.0 Å². The van der Waals surface area contributed by atoms with E-state index in [4.69, 9.17) is 0 Å². The molecule has 0 spiro atoms. The van der Waals surface area contributed by atoms with Crippen molar-refractivity contribution in [1.29, 1.82) is 0 Å². The third-order valence-corrected chi connectivity index (χ3v) is 5.36. The lowest BCUT2D eigenvalue weighted by molar-refractivity contribution is -0.125. The van der Waals surface area contributed by atoms with Crippen molar-refractivity contribution in [3.63, 3.8) is 0 Å². The molecule has 1 aliphatic heterocycles. The summed E-state index contributed by atoms with van der Waals surface area (Å²) in [6, 6.07) is 5.91. The number of piperidine rings is 1. The van der Waals surface area contributed by atoms with Gasteiger partial charge in [0, 0.05) is 50.0 Å². The van der Waals surface area contributed by atoms with Gasteiger partial charge in [-0.3, -0.25) is 9.20 Å². The monoisotopic (exact) mass is 355 g/mol. The number of imidazole rings is 1. The van der Waals surface area contributed by atoms with E-state index < -0.39 is 0 Å². The number of rotatable bonds is 5. The minimum Gasteiger partial charge on any atom is -0.356 e. The molecule has 0 bridgehead atoms. The molecule has 1 N–H and O–H groups in total. The van der Waals surface area contributed by atoms with Gasteiger partial charge in [0.05, 0.1) is 11.6 Å². The largest absolute Gasteiger partial charge is 0.356 e. The first kappa shape index (κ1) is 16.1. The van der Waals surface area contributed by atoms with Crippen LogP contribution in [0.4, 0.5) is 5.82 Å². The Morgan fingerprint density at radius 3 is 3.20 bits per heavy atom. The highest BCUT2D eigenvalue weighted by molar-refractivity contribution is 7.15. The molecule has 0 radical (unpaired) electrons. The summed E-state index contributed by atoms with van der Waals surface area (Å²) in [4.78, 5) is 24.7. The van der Waals surface area contributed by atoms with E-state index in [2.05, 4.69) is 20.2 Å². The van der Waals surface area contributed by atoms with Crippen molar-refractivity contribution >= 4 is 28.0 Å². The fourth-order valence-electron chi connectivity index (χ4n) is 3.29. The second-order valence-electron chi connectivity index (χ2n) is 6.34. The summed E-state index contributed by atoms with van der Waals surface area (Å²) in [6.45, 7) is 2.33. The van der Waals surface area contributed by atoms with E-state index in [9.17, 15) is 4.79 Å². The molecule has 3 aromatic rings. The first-order chi connectivity index (χ1) is 12.3. The summed E-state index contributed by atoms with van der Waals surface area (Å²) in [5.74, 6) is 1.13. The predicted molar refractivity (Wildman–Crippen MR) is 99.0 cm³/mol. The van der Waals surface area contributed by atoms with E-state index >= 15 is 0 Å². The molecule has 0 unspecified atom stereocenters. The van der Waals surface area contributed by atoms with Crippen molar-refractivity contribution in [3.05, 3.63) is 47.9 Å². The highest BCUT2D eigenvalue weighted by Gasteiger charge is 2.26. The Balaban J connectivity index is 1.29. The van der Waals surface area contributed by atoms with Crippen LogP contribution in [0.15, 0.2) is 42.2 Å². The number of carbonyl (C=O) groups excluding carboxylic acids is 1. The highest BCUT2D eigenvalue weighted by atomic mass is 32.1. The lowest BCUT2D eigenvalue weighted by Gasteiger charge is -2.32. The second kappa shape index (κ2) is 7.23. The quantitative estimate of drug-likeness (QED) is 0.763. The molecule has 4 heterocycles. The van der Waals surface area contributed by atoms with Crippen LogP contribution < -0.4 is 10.2 Å². The van der Waals surface area contributed by atoms with Crippen molar-refractivity contribution in [2.45, 2.75) is 19.3 Å². The summed E-state index contributed by atoms with van der Waals surface area (Å²) in [7, 11) is 0. The van der Waals surface area contributed by atoms with Gasteiger partial charge in [0.2, 0.25) is 5.91 Å². The van der Waals surface area contributed by atoms with E-state index in [-0.39, 0.29) is 11.8 Å². The zero-order valence-electron chi connectivity index (χ0n) is 14.0. The summed E-state index contributed by atoms with van der Waals surface area (Å²) < 4.78 is 2.02. The summed E-state index contributed by atoms with van der Waals surface area (Å²) in [5, 5.41) is 5.10. The van der Waals surface area contributed by atoms with Gasteiger partial charge in [0.15, 0.2) is 4.96 Å². The molecule has 4 rings (SSSR count).